The maximum absolute atomic E-state index is 12.2. The van der Waals surface area contributed by atoms with E-state index in [1.54, 1.807) is 11.8 Å². The molecule has 0 spiro atoms. The van der Waals surface area contributed by atoms with E-state index < -0.39 is 0 Å². The molecule has 118 valence electrons. The summed E-state index contributed by atoms with van der Waals surface area (Å²) >= 11 is 1.64. The fourth-order valence-electron chi connectivity index (χ4n) is 2.48. The summed E-state index contributed by atoms with van der Waals surface area (Å²) in [6, 6.07) is 7.90. The fraction of sp³-hybridized carbons (Fsp3) is 0.588. The average Bonchev–Trinajstić information content (AvgIpc) is 2.42. The Balaban J connectivity index is 2.57. The second-order valence-electron chi connectivity index (χ2n) is 6.43. The monoisotopic (exact) mass is 308 g/mol. The molecule has 1 unspecified atom stereocenters. The number of nitrogens with two attached hydrogens (primary N) is 1. The summed E-state index contributed by atoms with van der Waals surface area (Å²) < 4.78 is 0. The van der Waals surface area contributed by atoms with Crippen LogP contribution in [0.4, 0.5) is 5.69 Å². The first kappa shape index (κ1) is 18.1. The van der Waals surface area contributed by atoms with E-state index in [9.17, 15) is 4.79 Å². The number of benzene rings is 1. The quantitative estimate of drug-likeness (QED) is 0.744. The van der Waals surface area contributed by atoms with Gasteiger partial charge in [0.15, 0.2) is 0 Å². The second kappa shape index (κ2) is 8.44. The molecule has 21 heavy (non-hydrogen) atoms. The molecule has 0 bridgehead atoms. The predicted octanol–water partition coefficient (Wildman–Crippen LogP) is 4.14. The molecule has 0 fully saturated rings. The smallest absolute Gasteiger partial charge is 0.224 e. The summed E-state index contributed by atoms with van der Waals surface area (Å²) in [5, 5.41) is 3.02. The Bertz CT molecular complexity index is 454. The first-order chi connectivity index (χ1) is 9.88. The Morgan fingerprint density at radius 2 is 1.95 bits per heavy atom. The molecule has 3 nitrogen and oxygen atoms in total. The number of thioether (sulfide) groups is 1. The van der Waals surface area contributed by atoms with Gasteiger partial charge in [0, 0.05) is 11.3 Å². The van der Waals surface area contributed by atoms with Crippen LogP contribution in [0.5, 0.6) is 0 Å². The van der Waals surface area contributed by atoms with Gasteiger partial charge in [0.1, 0.15) is 0 Å². The van der Waals surface area contributed by atoms with Crippen LogP contribution in [0.2, 0.25) is 0 Å². The van der Waals surface area contributed by atoms with Gasteiger partial charge in [-0.25, -0.2) is 0 Å². The summed E-state index contributed by atoms with van der Waals surface area (Å²) in [7, 11) is 0. The van der Waals surface area contributed by atoms with Gasteiger partial charge in [0.25, 0.3) is 0 Å². The van der Waals surface area contributed by atoms with E-state index >= 15 is 0 Å². The van der Waals surface area contributed by atoms with Gasteiger partial charge in [-0.2, -0.15) is 0 Å². The summed E-state index contributed by atoms with van der Waals surface area (Å²) in [4.78, 5) is 13.3. The maximum atomic E-state index is 12.2. The minimum atomic E-state index is 0.0859. The lowest BCUT2D eigenvalue weighted by molar-refractivity contribution is -0.116. The lowest BCUT2D eigenvalue weighted by atomic mass is 9.76. The van der Waals surface area contributed by atoms with Crippen LogP contribution in [0, 0.1) is 11.3 Å². The molecule has 0 aliphatic carbocycles. The van der Waals surface area contributed by atoms with Crippen LogP contribution in [0.15, 0.2) is 29.2 Å². The van der Waals surface area contributed by atoms with Gasteiger partial charge >= 0.3 is 0 Å². The third-order valence-corrected chi connectivity index (χ3v) is 4.64. The zero-order chi connectivity index (χ0) is 15.9. The van der Waals surface area contributed by atoms with Gasteiger partial charge in [0.05, 0.1) is 5.69 Å². The van der Waals surface area contributed by atoms with Crippen molar-refractivity contribution in [2.75, 3.05) is 18.1 Å². The molecule has 0 aliphatic rings. The molecule has 0 aliphatic heterocycles. The number of carbonyl (C=O) groups excluding carboxylic acids is 1. The van der Waals surface area contributed by atoms with Crippen molar-refractivity contribution in [1.29, 1.82) is 0 Å². The topological polar surface area (TPSA) is 55.1 Å². The number of para-hydroxylation sites is 1. The fourth-order valence-corrected chi connectivity index (χ4v) is 3.03. The van der Waals surface area contributed by atoms with Crippen LogP contribution in [0.3, 0.4) is 0 Å². The molecule has 0 radical (unpaired) electrons. The van der Waals surface area contributed by atoms with Crippen molar-refractivity contribution >= 4 is 23.4 Å². The van der Waals surface area contributed by atoms with Gasteiger partial charge in [-0.05, 0) is 49.1 Å². The summed E-state index contributed by atoms with van der Waals surface area (Å²) in [6.07, 6.45) is 4.42. The molecule has 1 aromatic carbocycles. The van der Waals surface area contributed by atoms with Crippen molar-refractivity contribution in [2.45, 2.75) is 44.9 Å². The summed E-state index contributed by atoms with van der Waals surface area (Å²) in [5.74, 6) is 0.562. The Morgan fingerprint density at radius 3 is 2.52 bits per heavy atom. The Morgan fingerprint density at radius 1 is 1.29 bits per heavy atom. The summed E-state index contributed by atoms with van der Waals surface area (Å²) in [6.45, 7) is 7.33. The van der Waals surface area contributed by atoms with Crippen molar-refractivity contribution in [3.8, 4) is 0 Å². The van der Waals surface area contributed by atoms with Gasteiger partial charge in [-0.1, -0.05) is 32.9 Å². The molecule has 1 rings (SSSR count). The van der Waals surface area contributed by atoms with Crippen molar-refractivity contribution in [3.05, 3.63) is 24.3 Å². The third-order valence-electron chi connectivity index (χ3n) is 3.84. The van der Waals surface area contributed by atoms with Crippen molar-refractivity contribution in [3.63, 3.8) is 0 Å². The Kier molecular flexibility index (Phi) is 7.26. The standard InChI is InChI=1S/C17H28N2OS/c1-17(2,3)13(11-12-18)9-10-16(20)19-14-7-5-6-8-15(14)21-4/h5-8,13H,9-12,18H2,1-4H3,(H,19,20). The van der Waals surface area contributed by atoms with Crippen LogP contribution in [-0.4, -0.2) is 18.7 Å². The highest BCUT2D eigenvalue weighted by Crippen LogP contribution is 2.32. The first-order valence-electron chi connectivity index (χ1n) is 7.51. The lowest BCUT2D eigenvalue weighted by Gasteiger charge is -2.30. The highest BCUT2D eigenvalue weighted by atomic mass is 32.2. The average molecular weight is 308 g/mol. The molecular formula is C17H28N2OS. The number of carbonyl (C=O) groups is 1. The second-order valence-corrected chi connectivity index (χ2v) is 7.28. The highest BCUT2D eigenvalue weighted by Gasteiger charge is 2.24. The first-order valence-corrected chi connectivity index (χ1v) is 8.74. The van der Waals surface area contributed by atoms with Crippen molar-refractivity contribution in [1.82, 2.24) is 0 Å². The molecule has 1 amide bonds. The van der Waals surface area contributed by atoms with E-state index in [0.29, 0.717) is 18.9 Å². The predicted molar refractivity (Wildman–Crippen MR) is 92.7 cm³/mol. The normalized spacial score (nSPS) is 13.0. The van der Waals surface area contributed by atoms with Gasteiger partial charge in [-0.15, -0.1) is 11.8 Å². The SMILES string of the molecule is CSc1ccccc1NC(=O)CCC(CCN)C(C)(C)C. The van der Waals surface area contributed by atoms with Crippen LogP contribution < -0.4 is 11.1 Å². The number of hydrogen-bond acceptors (Lipinski definition) is 3. The molecule has 1 aromatic rings. The van der Waals surface area contributed by atoms with E-state index in [1.807, 2.05) is 30.5 Å². The Labute approximate surface area is 133 Å². The van der Waals surface area contributed by atoms with Crippen LogP contribution in [0.25, 0.3) is 0 Å². The minimum absolute atomic E-state index is 0.0859. The minimum Gasteiger partial charge on any atom is -0.330 e. The van der Waals surface area contributed by atoms with Gasteiger partial charge < -0.3 is 11.1 Å². The zero-order valence-electron chi connectivity index (χ0n) is 13.6. The van der Waals surface area contributed by atoms with Crippen molar-refractivity contribution < 1.29 is 4.79 Å². The van der Waals surface area contributed by atoms with Crippen LogP contribution in [-0.2, 0) is 4.79 Å². The van der Waals surface area contributed by atoms with Crippen LogP contribution in [0.1, 0.15) is 40.0 Å². The van der Waals surface area contributed by atoms with E-state index in [1.165, 1.54) is 0 Å². The largest absolute Gasteiger partial charge is 0.330 e. The van der Waals surface area contributed by atoms with E-state index in [2.05, 4.69) is 26.1 Å². The molecule has 0 aromatic heterocycles. The number of hydrogen-bond donors (Lipinski definition) is 2. The summed E-state index contributed by atoms with van der Waals surface area (Å²) in [5.41, 5.74) is 6.79. The van der Waals surface area contributed by atoms with E-state index in [-0.39, 0.29) is 11.3 Å². The number of amides is 1. The maximum Gasteiger partial charge on any atom is 0.224 e. The molecule has 3 N–H and O–H groups in total. The molecular weight excluding hydrogens is 280 g/mol. The molecule has 0 heterocycles. The van der Waals surface area contributed by atoms with E-state index in [0.717, 1.165) is 23.4 Å². The van der Waals surface area contributed by atoms with Crippen LogP contribution >= 0.6 is 11.8 Å². The number of nitrogens with one attached hydrogen (secondary N) is 1. The van der Waals surface area contributed by atoms with Gasteiger partial charge in [0.2, 0.25) is 5.91 Å². The molecule has 0 saturated heterocycles. The lowest BCUT2D eigenvalue weighted by Crippen LogP contribution is -2.25. The van der Waals surface area contributed by atoms with E-state index in [4.69, 9.17) is 5.73 Å². The molecule has 4 heteroatoms. The highest BCUT2D eigenvalue weighted by molar-refractivity contribution is 7.98. The van der Waals surface area contributed by atoms with Gasteiger partial charge in [-0.3, -0.25) is 4.79 Å². The zero-order valence-corrected chi connectivity index (χ0v) is 14.4. The van der Waals surface area contributed by atoms with Crippen molar-refractivity contribution in [2.24, 2.45) is 17.1 Å². The Hall–Kier alpha value is -1.00. The number of anilines is 1. The molecule has 1 atom stereocenters. The molecule has 0 saturated carbocycles. The third kappa shape index (κ3) is 6.10. The number of rotatable bonds is 7.